The highest BCUT2D eigenvalue weighted by Crippen LogP contribution is 2.33. The monoisotopic (exact) mass is 560 g/mol. The lowest BCUT2D eigenvalue weighted by Crippen LogP contribution is -2.37. The lowest BCUT2D eigenvalue weighted by molar-refractivity contribution is 0.0997. The van der Waals surface area contributed by atoms with Gasteiger partial charge in [-0.15, -0.1) is 0 Å². The molecule has 0 radical (unpaired) electrons. The van der Waals surface area contributed by atoms with Gasteiger partial charge in [-0.25, -0.2) is 8.42 Å². The molecule has 0 amide bonds. The number of furan rings is 1. The van der Waals surface area contributed by atoms with Gasteiger partial charge in [0.2, 0.25) is 15.8 Å². The number of carbonyl (C=O) groups excluding carboxylic acids is 2. The molecule has 0 atom stereocenters. The molecule has 9 heteroatoms. The first-order valence-electron chi connectivity index (χ1n) is 13.4. The van der Waals surface area contributed by atoms with Gasteiger partial charge >= 0.3 is 0 Å². The van der Waals surface area contributed by atoms with Gasteiger partial charge in [0.1, 0.15) is 11.3 Å². The van der Waals surface area contributed by atoms with Crippen molar-refractivity contribution in [2.75, 3.05) is 31.6 Å². The zero-order valence-corrected chi connectivity index (χ0v) is 23.4. The summed E-state index contributed by atoms with van der Waals surface area (Å²) < 4.78 is 39.0. The standard InChI is InChI=1S/C31H32N2O6S/c1-3-38-24-12-8-23(9-13-24)30(35)31-29(26-6-4-5-7-28(26)39-31)32-20-27(34)22-10-14-25(15-11-22)40(36,37)33-18-16-21(2)17-19-33/h4-15,21,32H,3,16-20H2,1-2H3. The number of hydrogen-bond acceptors (Lipinski definition) is 7. The van der Waals surface area contributed by atoms with E-state index < -0.39 is 10.0 Å². The van der Waals surface area contributed by atoms with Gasteiger partial charge in [-0.3, -0.25) is 9.59 Å². The number of sulfonamides is 1. The topological polar surface area (TPSA) is 106 Å². The Kier molecular flexibility index (Phi) is 8.04. The fourth-order valence-corrected chi connectivity index (χ4v) is 6.31. The van der Waals surface area contributed by atoms with Gasteiger partial charge in [-0.05, 0) is 86.3 Å². The van der Waals surface area contributed by atoms with Crippen LogP contribution in [0, 0.1) is 5.92 Å². The highest BCUT2D eigenvalue weighted by molar-refractivity contribution is 7.89. The van der Waals surface area contributed by atoms with Crippen molar-refractivity contribution in [3.8, 4) is 5.75 Å². The van der Waals surface area contributed by atoms with Crippen molar-refractivity contribution in [3.63, 3.8) is 0 Å². The fraction of sp³-hybridized carbons (Fsp3) is 0.290. The van der Waals surface area contributed by atoms with Crippen LogP contribution in [0.3, 0.4) is 0 Å². The summed E-state index contributed by atoms with van der Waals surface area (Å²) in [6.45, 7) is 5.44. The smallest absolute Gasteiger partial charge is 0.243 e. The molecule has 1 aliphatic rings. The summed E-state index contributed by atoms with van der Waals surface area (Å²) in [6, 6.07) is 20.1. The van der Waals surface area contributed by atoms with Gasteiger partial charge in [0.25, 0.3) is 0 Å². The molecule has 1 aromatic heterocycles. The van der Waals surface area contributed by atoms with E-state index in [0.717, 1.165) is 12.8 Å². The Balaban J connectivity index is 1.33. The summed E-state index contributed by atoms with van der Waals surface area (Å²) in [7, 11) is -3.60. The fourth-order valence-electron chi connectivity index (χ4n) is 4.84. The van der Waals surface area contributed by atoms with E-state index in [0.29, 0.717) is 59.1 Å². The largest absolute Gasteiger partial charge is 0.494 e. The first kappa shape index (κ1) is 27.6. The minimum absolute atomic E-state index is 0.107. The van der Waals surface area contributed by atoms with Crippen LogP contribution in [0.2, 0.25) is 0 Å². The number of nitrogens with zero attached hydrogens (tertiary/aromatic N) is 1. The summed E-state index contributed by atoms with van der Waals surface area (Å²) in [5.74, 6) is 0.715. The van der Waals surface area contributed by atoms with E-state index >= 15 is 0 Å². The first-order valence-corrected chi connectivity index (χ1v) is 14.9. The molecule has 1 fully saturated rings. The quantitative estimate of drug-likeness (QED) is 0.245. The molecule has 1 N–H and O–H groups in total. The molecule has 0 saturated carbocycles. The molecule has 2 heterocycles. The molecule has 208 valence electrons. The maximum Gasteiger partial charge on any atom is 0.243 e. The van der Waals surface area contributed by atoms with Crippen molar-refractivity contribution < 1.29 is 27.2 Å². The molecular weight excluding hydrogens is 528 g/mol. The van der Waals surface area contributed by atoms with Crippen molar-refractivity contribution >= 4 is 38.2 Å². The molecule has 0 spiro atoms. The molecule has 40 heavy (non-hydrogen) atoms. The third-order valence-electron chi connectivity index (χ3n) is 7.21. The van der Waals surface area contributed by atoms with Crippen LogP contribution in [0.5, 0.6) is 5.75 Å². The summed E-state index contributed by atoms with van der Waals surface area (Å²) in [4.78, 5) is 26.6. The summed E-state index contributed by atoms with van der Waals surface area (Å²) in [5, 5.41) is 3.78. The number of carbonyl (C=O) groups is 2. The minimum Gasteiger partial charge on any atom is -0.494 e. The van der Waals surface area contributed by atoms with Crippen LogP contribution in [0.1, 0.15) is 53.2 Å². The van der Waals surface area contributed by atoms with E-state index in [2.05, 4.69) is 12.2 Å². The second-order valence-corrected chi connectivity index (χ2v) is 11.9. The van der Waals surface area contributed by atoms with E-state index in [1.165, 1.54) is 28.6 Å². The Morgan fingerprint density at radius 1 is 0.950 bits per heavy atom. The third kappa shape index (κ3) is 5.66. The number of ether oxygens (including phenoxy) is 1. The van der Waals surface area contributed by atoms with E-state index in [4.69, 9.17) is 9.15 Å². The van der Waals surface area contributed by atoms with Crippen molar-refractivity contribution in [3.05, 3.63) is 89.7 Å². The number of nitrogens with one attached hydrogen (secondary N) is 1. The molecule has 8 nitrogen and oxygen atoms in total. The van der Waals surface area contributed by atoms with Crippen LogP contribution in [0.25, 0.3) is 11.0 Å². The molecule has 5 rings (SSSR count). The van der Waals surface area contributed by atoms with Gasteiger partial charge < -0.3 is 14.5 Å². The maximum absolute atomic E-state index is 13.4. The number of ketones is 2. The summed E-state index contributed by atoms with van der Waals surface area (Å²) in [5.41, 5.74) is 1.75. The molecule has 1 aliphatic heterocycles. The van der Waals surface area contributed by atoms with Crippen LogP contribution in [0.15, 0.2) is 82.1 Å². The second kappa shape index (κ2) is 11.7. The van der Waals surface area contributed by atoms with Gasteiger partial charge in [0, 0.05) is 29.6 Å². The average Bonchev–Trinajstić information content (AvgIpc) is 3.35. The first-order chi connectivity index (χ1) is 19.3. The van der Waals surface area contributed by atoms with E-state index in [1.807, 2.05) is 25.1 Å². The zero-order chi connectivity index (χ0) is 28.3. The van der Waals surface area contributed by atoms with E-state index in [9.17, 15) is 18.0 Å². The summed E-state index contributed by atoms with van der Waals surface area (Å²) >= 11 is 0. The normalized spacial score (nSPS) is 14.8. The highest BCUT2D eigenvalue weighted by atomic mass is 32.2. The van der Waals surface area contributed by atoms with Crippen LogP contribution in [0.4, 0.5) is 5.69 Å². The number of Topliss-reactive ketones (excluding diaryl/α,β-unsaturated/α-hetero) is 1. The van der Waals surface area contributed by atoms with Crippen LogP contribution in [-0.2, 0) is 10.0 Å². The molecule has 0 bridgehead atoms. The molecule has 0 aliphatic carbocycles. The molecule has 4 aromatic rings. The van der Waals surface area contributed by atoms with Gasteiger partial charge in [-0.1, -0.05) is 19.1 Å². The average molecular weight is 561 g/mol. The van der Waals surface area contributed by atoms with Gasteiger partial charge in [0.15, 0.2) is 11.5 Å². The van der Waals surface area contributed by atoms with Gasteiger partial charge in [-0.2, -0.15) is 4.31 Å². The van der Waals surface area contributed by atoms with Crippen LogP contribution in [-0.4, -0.2) is 50.5 Å². The number of rotatable bonds is 10. The number of benzene rings is 3. The van der Waals surface area contributed by atoms with E-state index in [-0.39, 0.29) is 28.8 Å². The molecular formula is C31H32N2O6S. The predicted molar refractivity (Wildman–Crippen MR) is 154 cm³/mol. The second-order valence-electron chi connectivity index (χ2n) is 9.98. The van der Waals surface area contributed by atoms with Crippen molar-refractivity contribution in [1.82, 2.24) is 4.31 Å². The molecule has 3 aromatic carbocycles. The maximum atomic E-state index is 13.4. The SMILES string of the molecule is CCOc1ccc(C(=O)c2oc3ccccc3c2NCC(=O)c2ccc(S(=O)(=O)N3CCC(C)CC3)cc2)cc1. The highest BCUT2D eigenvalue weighted by Gasteiger charge is 2.28. The minimum atomic E-state index is -3.60. The Morgan fingerprint density at radius 3 is 2.27 bits per heavy atom. The number of fused-ring (bicyclic) bond motifs is 1. The number of hydrogen-bond donors (Lipinski definition) is 1. The number of piperidine rings is 1. The lowest BCUT2D eigenvalue weighted by atomic mass is 10.0. The van der Waals surface area contributed by atoms with Crippen molar-refractivity contribution in [1.29, 1.82) is 0 Å². The third-order valence-corrected chi connectivity index (χ3v) is 9.12. The Labute approximate surface area is 234 Å². The molecule has 0 unspecified atom stereocenters. The lowest BCUT2D eigenvalue weighted by Gasteiger charge is -2.29. The van der Waals surface area contributed by atoms with Crippen molar-refractivity contribution in [2.24, 2.45) is 5.92 Å². The Morgan fingerprint density at radius 2 is 1.60 bits per heavy atom. The Hall–Kier alpha value is -3.95. The van der Waals surface area contributed by atoms with Gasteiger partial charge in [0.05, 0.1) is 23.7 Å². The van der Waals surface area contributed by atoms with E-state index in [1.54, 1.807) is 30.3 Å². The Bertz CT molecular complexity index is 1620. The van der Waals surface area contributed by atoms with Crippen LogP contribution < -0.4 is 10.1 Å². The van der Waals surface area contributed by atoms with Crippen LogP contribution >= 0.6 is 0 Å². The van der Waals surface area contributed by atoms with Crippen molar-refractivity contribution in [2.45, 2.75) is 31.6 Å². The molecule has 1 saturated heterocycles. The summed E-state index contributed by atoms with van der Waals surface area (Å²) in [6.07, 6.45) is 1.68. The number of para-hydroxylation sites is 1. The zero-order valence-electron chi connectivity index (χ0n) is 22.6. The predicted octanol–water partition coefficient (Wildman–Crippen LogP) is 5.78. The number of anilines is 1.